The molecule has 0 saturated heterocycles. The van der Waals surface area contributed by atoms with Crippen molar-refractivity contribution in [1.82, 2.24) is 19.7 Å². The minimum atomic E-state index is -0.0516. The molecule has 0 aliphatic rings. The molecule has 5 nitrogen and oxygen atoms in total. The summed E-state index contributed by atoms with van der Waals surface area (Å²) < 4.78 is 2.70. The van der Waals surface area contributed by atoms with Crippen LogP contribution in [0.3, 0.4) is 0 Å². The molecule has 0 aliphatic heterocycles. The van der Waals surface area contributed by atoms with Gasteiger partial charge in [-0.15, -0.1) is 0 Å². The predicted octanol–water partition coefficient (Wildman–Crippen LogP) is 3.76. The van der Waals surface area contributed by atoms with Gasteiger partial charge >= 0.3 is 0 Å². The van der Waals surface area contributed by atoms with E-state index in [0.717, 1.165) is 34.5 Å². The third kappa shape index (κ3) is 3.61. The molecule has 0 fully saturated rings. The van der Waals surface area contributed by atoms with Gasteiger partial charge in [0.25, 0.3) is 0 Å². The van der Waals surface area contributed by atoms with Crippen molar-refractivity contribution >= 4 is 21.7 Å². The van der Waals surface area contributed by atoms with E-state index in [2.05, 4.69) is 64.0 Å². The first kappa shape index (κ1) is 15.9. The van der Waals surface area contributed by atoms with Crippen LogP contribution in [0.15, 0.2) is 16.9 Å². The van der Waals surface area contributed by atoms with Gasteiger partial charge in [0.1, 0.15) is 5.82 Å². The number of hydrogen-bond acceptors (Lipinski definition) is 4. The monoisotopic (exact) mass is 351 g/mol. The second kappa shape index (κ2) is 6.13. The van der Waals surface area contributed by atoms with Crippen LogP contribution in [0.4, 0.5) is 5.82 Å². The molecule has 114 valence electrons. The zero-order chi connectivity index (χ0) is 15.6. The number of halogens is 1. The van der Waals surface area contributed by atoms with Crippen LogP contribution in [-0.2, 0) is 12.5 Å². The highest BCUT2D eigenvalue weighted by molar-refractivity contribution is 9.10. The Morgan fingerprint density at radius 2 is 2.05 bits per heavy atom. The van der Waals surface area contributed by atoms with Crippen molar-refractivity contribution in [3.63, 3.8) is 0 Å². The molecule has 1 N–H and O–H groups in total. The van der Waals surface area contributed by atoms with Gasteiger partial charge in [0, 0.05) is 31.4 Å². The lowest BCUT2D eigenvalue weighted by molar-refractivity contribution is 0.554. The molecular weight excluding hydrogens is 330 g/mol. The lowest BCUT2D eigenvalue weighted by atomic mass is 9.89. The zero-order valence-corrected chi connectivity index (χ0v) is 14.8. The van der Waals surface area contributed by atoms with E-state index in [1.807, 2.05) is 17.9 Å². The number of hydrogen-bond donors (Lipinski definition) is 1. The quantitative estimate of drug-likeness (QED) is 0.910. The fraction of sp³-hybridized carbons (Fsp3) is 0.533. The summed E-state index contributed by atoms with van der Waals surface area (Å²) in [6.07, 6.45) is 4.82. The van der Waals surface area contributed by atoms with Gasteiger partial charge in [0.2, 0.25) is 0 Å². The van der Waals surface area contributed by atoms with Gasteiger partial charge in [-0.1, -0.05) is 27.7 Å². The first-order valence-electron chi connectivity index (χ1n) is 7.14. The number of anilines is 1. The van der Waals surface area contributed by atoms with Crippen molar-refractivity contribution in [3.05, 3.63) is 22.6 Å². The van der Waals surface area contributed by atoms with E-state index >= 15 is 0 Å². The SMILES string of the molecule is CCCNc1nc(-c2cn(C)nc2C(C)(C)C)ncc1Br. The molecule has 0 unspecified atom stereocenters. The van der Waals surface area contributed by atoms with Crippen LogP contribution in [0.1, 0.15) is 39.8 Å². The second-order valence-electron chi connectivity index (χ2n) is 6.13. The van der Waals surface area contributed by atoms with Crippen molar-refractivity contribution in [2.75, 3.05) is 11.9 Å². The summed E-state index contributed by atoms with van der Waals surface area (Å²) >= 11 is 3.49. The standard InChI is InChI=1S/C15H22BrN5/c1-6-7-17-14-11(16)8-18-13(19-14)10-9-21(5)20-12(10)15(2,3)4/h8-9H,6-7H2,1-5H3,(H,17,18,19). The summed E-state index contributed by atoms with van der Waals surface area (Å²) in [5, 5.41) is 7.89. The van der Waals surface area contributed by atoms with Gasteiger partial charge in [0.15, 0.2) is 5.82 Å². The molecule has 0 amide bonds. The van der Waals surface area contributed by atoms with Crippen LogP contribution >= 0.6 is 15.9 Å². The first-order chi connectivity index (χ1) is 9.82. The number of aromatic nitrogens is 4. The topological polar surface area (TPSA) is 55.6 Å². The van der Waals surface area contributed by atoms with Crippen molar-refractivity contribution in [1.29, 1.82) is 0 Å². The molecule has 0 aliphatic carbocycles. The van der Waals surface area contributed by atoms with Crippen molar-refractivity contribution in [2.45, 2.75) is 39.5 Å². The van der Waals surface area contributed by atoms with Gasteiger partial charge in [-0.05, 0) is 22.4 Å². The highest BCUT2D eigenvalue weighted by atomic mass is 79.9. The van der Waals surface area contributed by atoms with E-state index in [1.54, 1.807) is 6.20 Å². The smallest absolute Gasteiger partial charge is 0.165 e. The van der Waals surface area contributed by atoms with E-state index in [0.29, 0.717) is 5.82 Å². The molecule has 2 aromatic rings. The summed E-state index contributed by atoms with van der Waals surface area (Å²) in [4.78, 5) is 9.10. The highest BCUT2D eigenvalue weighted by Gasteiger charge is 2.24. The van der Waals surface area contributed by atoms with Crippen LogP contribution < -0.4 is 5.32 Å². The maximum atomic E-state index is 4.65. The molecule has 6 heteroatoms. The molecule has 2 rings (SSSR count). The van der Waals surface area contributed by atoms with Crippen LogP contribution in [0.5, 0.6) is 0 Å². The Labute approximate surface area is 134 Å². The molecule has 0 saturated carbocycles. The Morgan fingerprint density at radius 3 is 2.67 bits per heavy atom. The van der Waals surface area contributed by atoms with Gasteiger partial charge in [-0.2, -0.15) is 5.10 Å². The van der Waals surface area contributed by atoms with E-state index < -0.39 is 0 Å². The summed E-state index contributed by atoms with van der Waals surface area (Å²) in [5.74, 6) is 1.53. The first-order valence-corrected chi connectivity index (χ1v) is 7.93. The molecule has 0 atom stereocenters. The highest BCUT2D eigenvalue weighted by Crippen LogP contribution is 2.31. The fourth-order valence-electron chi connectivity index (χ4n) is 2.07. The summed E-state index contributed by atoms with van der Waals surface area (Å²) in [7, 11) is 1.92. The maximum absolute atomic E-state index is 4.65. The molecule has 0 spiro atoms. The minimum absolute atomic E-state index is 0.0516. The van der Waals surface area contributed by atoms with Gasteiger partial charge < -0.3 is 5.32 Å². The van der Waals surface area contributed by atoms with Crippen molar-refractivity contribution in [2.24, 2.45) is 7.05 Å². The van der Waals surface area contributed by atoms with E-state index in [9.17, 15) is 0 Å². The number of rotatable bonds is 4. The van der Waals surface area contributed by atoms with Crippen LogP contribution in [-0.4, -0.2) is 26.3 Å². The lowest BCUT2D eigenvalue weighted by Gasteiger charge is -2.17. The third-order valence-corrected chi connectivity index (χ3v) is 3.65. The summed E-state index contributed by atoms with van der Waals surface area (Å²) in [5.41, 5.74) is 1.94. The minimum Gasteiger partial charge on any atom is -0.369 e. The molecule has 0 radical (unpaired) electrons. The Balaban J connectivity index is 2.47. The van der Waals surface area contributed by atoms with Gasteiger partial charge in [-0.3, -0.25) is 4.68 Å². The van der Waals surface area contributed by atoms with Gasteiger partial charge in [-0.25, -0.2) is 9.97 Å². The van der Waals surface area contributed by atoms with E-state index in [4.69, 9.17) is 0 Å². The van der Waals surface area contributed by atoms with E-state index in [-0.39, 0.29) is 5.41 Å². The molecule has 2 heterocycles. The fourth-order valence-corrected chi connectivity index (χ4v) is 2.40. The van der Waals surface area contributed by atoms with Gasteiger partial charge in [0.05, 0.1) is 15.7 Å². The third-order valence-electron chi connectivity index (χ3n) is 3.07. The van der Waals surface area contributed by atoms with Crippen LogP contribution in [0.25, 0.3) is 11.4 Å². The van der Waals surface area contributed by atoms with Crippen molar-refractivity contribution in [3.8, 4) is 11.4 Å². The molecule has 2 aromatic heterocycles. The maximum Gasteiger partial charge on any atom is 0.165 e. The number of aryl methyl sites for hydroxylation is 1. The predicted molar refractivity (Wildman–Crippen MR) is 89.4 cm³/mol. The zero-order valence-electron chi connectivity index (χ0n) is 13.2. The molecule has 21 heavy (non-hydrogen) atoms. The summed E-state index contributed by atoms with van der Waals surface area (Å²) in [6, 6.07) is 0. The number of nitrogens with zero attached hydrogens (tertiary/aromatic N) is 4. The lowest BCUT2D eigenvalue weighted by Crippen LogP contribution is -2.14. The van der Waals surface area contributed by atoms with E-state index in [1.165, 1.54) is 0 Å². The van der Waals surface area contributed by atoms with Crippen LogP contribution in [0, 0.1) is 0 Å². The Kier molecular flexibility index (Phi) is 4.66. The Morgan fingerprint density at radius 1 is 1.33 bits per heavy atom. The Hall–Kier alpha value is -1.43. The average molecular weight is 352 g/mol. The molecule has 0 aromatic carbocycles. The number of nitrogens with one attached hydrogen (secondary N) is 1. The second-order valence-corrected chi connectivity index (χ2v) is 6.99. The Bertz CT molecular complexity index is 627. The summed E-state index contributed by atoms with van der Waals surface area (Å²) in [6.45, 7) is 9.45. The largest absolute Gasteiger partial charge is 0.369 e. The van der Waals surface area contributed by atoms with Crippen molar-refractivity contribution < 1.29 is 0 Å². The van der Waals surface area contributed by atoms with Crippen LogP contribution in [0.2, 0.25) is 0 Å². The average Bonchev–Trinajstić information content (AvgIpc) is 2.80. The molecular formula is C15H22BrN5. The normalized spacial score (nSPS) is 11.7. The molecule has 0 bridgehead atoms.